The lowest BCUT2D eigenvalue weighted by Crippen LogP contribution is -2.48. The number of thiazole rings is 1. The quantitative estimate of drug-likeness (QED) is 0.107. The number of nitrogens with zero attached hydrogens (tertiary/aromatic N) is 9. The van der Waals surface area contributed by atoms with E-state index >= 15 is 0 Å². The maximum Gasteiger partial charge on any atom is 0.243 e. The van der Waals surface area contributed by atoms with Crippen molar-refractivity contribution >= 4 is 45.7 Å². The van der Waals surface area contributed by atoms with Gasteiger partial charge in [-0.05, 0) is 87.1 Å². The summed E-state index contributed by atoms with van der Waals surface area (Å²) in [4.78, 5) is 46.5. The van der Waals surface area contributed by atoms with Crippen molar-refractivity contribution in [2.75, 3.05) is 24.5 Å². The number of carbonyl (C=O) groups excluding carboxylic acids is 2. The third-order valence-corrected chi connectivity index (χ3v) is 14.6. The van der Waals surface area contributed by atoms with E-state index < -0.39 is 18.1 Å². The van der Waals surface area contributed by atoms with Crippen LogP contribution in [0.1, 0.15) is 111 Å². The molecule has 10 rings (SSSR count). The zero-order valence-corrected chi connectivity index (χ0v) is 37.7. The molecular weight excluding hydrogens is 841 g/mol. The predicted octanol–water partition coefficient (Wildman–Crippen LogP) is 8.05. The molecule has 2 saturated heterocycles. The summed E-state index contributed by atoms with van der Waals surface area (Å²) in [6.07, 6.45) is 13.8. The fourth-order valence-electron chi connectivity index (χ4n) is 9.88. The van der Waals surface area contributed by atoms with Crippen molar-refractivity contribution in [2.24, 2.45) is 5.92 Å². The van der Waals surface area contributed by atoms with Crippen LogP contribution in [-0.4, -0.2) is 93.6 Å². The van der Waals surface area contributed by atoms with Gasteiger partial charge in [0.25, 0.3) is 0 Å². The molecule has 2 aliphatic heterocycles. The second-order valence-corrected chi connectivity index (χ2v) is 19.1. The Kier molecular flexibility index (Phi) is 11.8. The van der Waals surface area contributed by atoms with Crippen LogP contribution in [0.5, 0.6) is 0 Å². The highest BCUT2D eigenvalue weighted by Gasteiger charge is 2.43. The Labute approximate surface area is 381 Å². The minimum atomic E-state index is -0.822. The molecule has 2 amide bonds. The molecule has 336 valence electrons. The molecule has 65 heavy (non-hydrogen) atoms. The van der Waals surface area contributed by atoms with Gasteiger partial charge in [-0.15, -0.1) is 21.5 Å². The van der Waals surface area contributed by atoms with Gasteiger partial charge in [-0.25, -0.2) is 15.0 Å². The molecule has 3 atom stereocenters. The number of hydrogen-bond acceptors (Lipinski definition) is 13. The number of nitrogens with one attached hydrogen (secondary N) is 1. The second-order valence-electron chi connectivity index (χ2n) is 18.3. The lowest BCUT2D eigenvalue weighted by molar-refractivity contribution is -0.141. The van der Waals surface area contributed by atoms with Crippen molar-refractivity contribution in [1.82, 2.24) is 45.1 Å². The Morgan fingerprint density at radius 1 is 0.938 bits per heavy atom. The topological polar surface area (TPSA) is 189 Å². The highest BCUT2D eigenvalue weighted by Crippen LogP contribution is 2.42. The first-order valence-corrected chi connectivity index (χ1v) is 23.8. The van der Waals surface area contributed by atoms with E-state index in [1.54, 1.807) is 29.8 Å². The molecule has 6 aromatic rings. The summed E-state index contributed by atoms with van der Waals surface area (Å²) in [5, 5.41) is 37.8. The average molecular weight is 895 g/mol. The van der Waals surface area contributed by atoms with Crippen LogP contribution in [0.4, 0.5) is 5.95 Å². The summed E-state index contributed by atoms with van der Waals surface area (Å²) in [7, 11) is 0. The molecule has 4 aliphatic rings. The smallest absolute Gasteiger partial charge is 0.243 e. The van der Waals surface area contributed by atoms with Crippen LogP contribution in [-0.2, 0) is 16.1 Å². The normalized spacial score (nSPS) is 20.0. The minimum Gasteiger partial charge on any atom is -0.508 e. The Hall–Kier alpha value is -6.26. The first-order valence-electron chi connectivity index (χ1n) is 22.9. The zero-order valence-electron chi connectivity index (χ0n) is 36.9. The Morgan fingerprint density at radius 2 is 1.71 bits per heavy atom. The number of anilines is 1. The number of amides is 2. The van der Waals surface area contributed by atoms with E-state index in [0.29, 0.717) is 41.5 Å². The van der Waals surface area contributed by atoms with Gasteiger partial charge in [0.05, 0.1) is 33.4 Å². The summed E-state index contributed by atoms with van der Waals surface area (Å²) in [6.45, 7) is 7.80. The van der Waals surface area contributed by atoms with Gasteiger partial charge >= 0.3 is 0 Å². The lowest BCUT2D eigenvalue weighted by Gasteiger charge is -2.35. The summed E-state index contributed by atoms with van der Waals surface area (Å²) in [6, 6.07) is 13.7. The molecule has 3 N–H and O–H groups in total. The van der Waals surface area contributed by atoms with Crippen LogP contribution in [0.2, 0.25) is 0 Å². The van der Waals surface area contributed by atoms with Crippen LogP contribution in [0, 0.1) is 12.8 Å². The summed E-state index contributed by atoms with van der Waals surface area (Å²) in [5.41, 5.74) is 10.8. The fourth-order valence-corrected chi connectivity index (χ4v) is 10.7. The van der Waals surface area contributed by atoms with E-state index in [-0.39, 0.29) is 36.5 Å². The van der Waals surface area contributed by atoms with Gasteiger partial charge in [0, 0.05) is 79.9 Å². The fraction of sp³-hybridized carbons (Fsp3) is 0.429. The minimum absolute atomic E-state index is 0.0544. The van der Waals surface area contributed by atoms with Crippen LogP contribution in [0.15, 0.2) is 82.8 Å². The van der Waals surface area contributed by atoms with Gasteiger partial charge < -0.3 is 34.4 Å². The summed E-state index contributed by atoms with van der Waals surface area (Å²) in [5.74, 6) is 0.151. The molecule has 2 aliphatic carbocycles. The molecule has 1 aromatic carbocycles. The maximum absolute atomic E-state index is 14.3. The van der Waals surface area contributed by atoms with E-state index in [2.05, 4.69) is 53.3 Å². The number of carbonyl (C=O) groups is 2. The van der Waals surface area contributed by atoms with Crippen molar-refractivity contribution in [1.29, 1.82) is 0 Å². The molecule has 0 unspecified atom stereocenters. The van der Waals surface area contributed by atoms with Gasteiger partial charge in [0.1, 0.15) is 34.7 Å². The van der Waals surface area contributed by atoms with Crippen LogP contribution in [0.25, 0.3) is 38.3 Å². The van der Waals surface area contributed by atoms with E-state index in [4.69, 9.17) is 14.5 Å². The molecule has 0 bridgehead atoms. The number of benzene rings is 1. The molecular formula is C49H54N10O5S. The van der Waals surface area contributed by atoms with E-state index in [1.165, 1.54) is 17.0 Å². The number of β-amino-alcohol motifs (C(OH)–C–C–N with tert-alkyl or cyclic N) is 1. The van der Waals surface area contributed by atoms with Gasteiger partial charge in [-0.1, -0.05) is 49.3 Å². The van der Waals surface area contributed by atoms with Gasteiger partial charge in [0.15, 0.2) is 0 Å². The van der Waals surface area contributed by atoms with Crippen LogP contribution >= 0.6 is 11.3 Å². The Bertz CT molecular complexity index is 2760. The van der Waals surface area contributed by atoms with Gasteiger partial charge in [0.2, 0.25) is 17.8 Å². The van der Waals surface area contributed by atoms with Crippen LogP contribution < -0.4 is 10.2 Å². The number of aliphatic hydroxyl groups excluding tert-OH is 2. The lowest BCUT2D eigenvalue weighted by atomic mass is 9.89. The molecule has 0 spiro atoms. The maximum atomic E-state index is 14.3. The number of allylic oxidation sites excluding steroid dienone is 3. The van der Waals surface area contributed by atoms with Gasteiger partial charge in [-0.3, -0.25) is 9.59 Å². The largest absolute Gasteiger partial charge is 0.508 e. The number of rotatable bonds is 12. The SMILES string of the molecule is Cc1ncsc1-c1ccc(CNC(=O)[C@@H]2C[C@@H](O)CN2C(=O)[C@@H](c2cc(-c3cnc(N4CCC(c5cc6nnc(C7=CCCC=C7O)cc6n5C5CCC5)CC4)nc3)no2)C(C)C)cc1. The van der Waals surface area contributed by atoms with E-state index in [0.717, 1.165) is 95.6 Å². The third-order valence-electron chi connectivity index (χ3n) is 13.7. The number of aliphatic hydroxyl groups is 2. The number of piperidine rings is 1. The summed E-state index contributed by atoms with van der Waals surface area (Å²) < 4.78 is 8.35. The average Bonchev–Trinajstić information content (AvgIpc) is 4.12. The number of fused-ring (bicyclic) bond motifs is 1. The Morgan fingerprint density at radius 3 is 2.40 bits per heavy atom. The summed E-state index contributed by atoms with van der Waals surface area (Å²) >= 11 is 1.59. The Balaban J connectivity index is 0.781. The second kappa shape index (κ2) is 18.0. The van der Waals surface area contributed by atoms with Gasteiger partial charge in [-0.2, -0.15) is 0 Å². The molecule has 16 heteroatoms. The first-order chi connectivity index (χ1) is 31.6. The highest BCUT2D eigenvalue weighted by atomic mass is 32.1. The number of likely N-dealkylation sites (tertiary alicyclic amines) is 1. The molecule has 7 heterocycles. The highest BCUT2D eigenvalue weighted by molar-refractivity contribution is 7.13. The molecule has 0 radical (unpaired) electrons. The number of aryl methyl sites for hydroxylation is 1. The standard InChI is InChI=1S/C49H54N10O5S/c1-28(2)45(48(63)58-26-35(60)19-42(58)47(62)50-23-30-11-13-32(14-12-30)46-29(3)53-27-65-46)44-22-37(56-64-44)33-24-51-49(52-25-33)57-17-15-31(16-18-57)40-21-39-41(59(40)34-7-6-8-34)20-38(54-55-39)36-9-4-5-10-43(36)61/h9-14,20-22,24-25,27-28,31,34-35,42,45,60-61H,4-8,15-19,23,26H2,1-3H3,(H,50,62)/t35-,42+,45-/m1/s1. The van der Waals surface area contributed by atoms with Crippen molar-refractivity contribution < 1.29 is 24.3 Å². The van der Waals surface area contributed by atoms with E-state index in [1.807, 2.05) is 56.6 Å². The monoisotopic (exact) mass is 894 g/mol. The van der Waals surface area contributed by atoms with Crippen molar-refractivity contribution in [3.8, 4) is 21.7 Å². The van der Waals surface area contributed by atoms with Crippen molar-refractivity contribution in [2.45, 2.75) is 109 Å². The van der Waals surface area contributed by atoms with Crippen molar-refractivity contribution in [3.05, 3.63) is 107 Å². The molecule has 15 nitrogen and oxygen atoms in total. The van der Waals surface area contributed by atoms with E-state index in [9.17, 15) is 19.8 Å². The first kappa shape index (κ1) is 42.7. The third kappa shape index (κ3) is 8.45. The van der Waals surface area contributed by atoms with Crippen molar-refractivity contribution in [3.63, 3.8) is 0 Å². The molecule has 3 fully saturated rings. The number of aromatic nitrogens is 7. The molecule has 1 saturated carbocycles. The van der Waals surface area contributed by atoms with Crippen LogP contribution in [0.3, 0.4) is 0 Å². The zero-order chi connectivity index (χ0) is 44.8. The molecule has 5 aromatic heterocycles. The predicted molar refractivity (Wildman–Crippen MR) is 248 cm³/mol. The number of hydrogen-bond donors (Lipinski definition) is 3.